The first kappa shape index (κ1) is 39.8. The third-order valence-electron chi connectivity index (χ3n) is 9.97. The van der Waals surface area contributed by atoms with Crippen molar-refractivity contribution in [2.45, 2.75) is 44.5 Å². The van der Waals surface area contributed by atoms with Crippen LogP contribution >= 0.6 is 0 Å². The summed E-state index contributed by atoms with van der Waals surface area (Å²) in [6, 6.07) is 5.54. The number of hydrogen-bond acceptors (Lipinski definition) is 0. The molecule has 7 rings (SSSR count). The first-order chi connectivity index (χ1) is 26.5. The molecule has 0 nitrogen and oxygen atoms in total. The molecule has 57 heavy (non-hydrogen) atoms. The molecule has 0 fully saturated rings. The fourth-order valence-electron chi connectivity index (χ4n) is 7.30. The Hall–Kier alpha value is -5.42. The zero-order valence-corrected chi connectivity index (χ0v) is 27.9. The summed E-state index contributed by atoms with van der Waals surface area (Å²) in [5.74, 6) is -22.9. The normalized spacial score (nSPS) is 17.9. The average Bonchev–Trinajstić information content (AvgIpc) is 3.14. The lowest BCUT2D eigenvalue weighted by Crippen LogP contribution is -2.35. The Morgan fingerprint density at radius 2 is 1.00 bits per heavy atom. The molecule has 0 saturated heterocycles. The van der Waals surface area contributed by atoms with Gasteiger partial charge in [0.15, 0.2) is 70.5 Å². The molecule has 298 valence electrons. The van der Waals surface area contributed by atoms with Crippen molar-refractivity contribution < 1.29 is 79.0 Å². The summed E-state index contributed by atoms with van der Waals surface area (Å²) in [6.07, 6.45) is -19.0. The van der Waals surface area contributed by atoms with Gasteiger partial charge in [-0.3, -0.25) is 0 Å². The van der Waals surface area contributed by atoms with Crippen LogP contribution in [-0.4, -0.2) is 18.5 Å². The van der Waals surface area contributed by atoms with Crippen LogP contribution in [0.25, 0.3) is 49.9 Å². The monoisotopic (exact) mass is 826 g/mol. The summed E-state index contributed by atoms with van der Waals surface area (Å²) in [7, 11) is 0. The lowest BCUT2D eigenvalue weighted by Gasteiger charge is -2.29. The van der Waals surface area contributed by atoms with Crippen molar-refractivity contribution in [1.82, 2.24) is 0 Å². The van der Waals surface area contributed by atoms with E-state index in [0.717, 1.165) is 49.4 Å². The molecule has 0 heterocycles. The minimum absolute atomic E-state index is 0.0188. The van der Waals surface area contributed by atoms with Crippen molar-refractivity contribution in [2.24, 2.45) is 0 Å². The number of fused-ring (bicyclic) bond motifs is 6. The molecular weight excluding hydrogens is 810 g/mol. The maximum Gasteiger partial charge on any atom is 0.422 e. The summed E-state index contributed by atoms with van der Waals surface area (Å²) in [5.41, 5.74) is -13.1. The highest BCUT2D eigenvalue weighted by Gasteiger charge is 2.51. The van der Waals surface area contributed by atoms with Gasteiger partial charge in [-0.15, -0.1) is 0 Å². The van der Waals surface area contributed by atoms with Gasteiger partial charge < -0.3 is 0 Å². The van der Waals surface area contributed by atoms with Crippen LogP contribution in [-0.2, 0) is 12.6 Å². The second kappa shape index (κ2) is 13.3. The summed E-state index contributed by atoms with van der Waals surface area (Å²) in [4.78, 5) is 0. The largest absolute Gasteiger partial charge is 0.422 e. The number of alkyl halides is 8. The minimum Gasteiger partial charge on any atom is -0.239 e. The summed E-state index contributed by atoms with van der Waals surface area (Å²) in [6.45, 7) is 0.742. The van der Waals surface area contributed by atoms with Crippen LogP contribution in [0.5, 0.6) is 0 Å². The van der Waals surface area contributed by atoms with Crippen LogP contribution in [0.2, 0.25) is 0 Å². The van der Waals surface area contributed by atoms with E-state index in [4.69, 9.17) is 0 Å². The van der Waals surface area contributed by atoms with E-state index in [2.05, 4.69) is 0 Å². The van der Waals surface area contributed by atoms with Crippen molar-refractivity contribution in [3.8, 4) is 22.3 Å². The SMILES string of the molecule is Cc1c(F)c(F)c(-c2ccc3c4c(c5cc(-c6c(F)c(F)c(C(F)(F)F)c(F)c6F)ccc5c3c2)CCC(C2=C(F)C(F)=C(C(F)(F)F)C(F)C2F)=C4)c(F)c1F. The number of hydrogen-bond donors (Lipinski definition) is 0. The van der Waals surface area contributed by atoms with Gasteiger partial charge in [0, 0.05) is 11.1 Å². The molecule has 5 aromatic carbocycles. The number of aryl methyl sites for hydroxylation is 1. The number of rotatable bonds is 3. The van der Waals surface area contributed by atoms with Crippen molar-refractivity contribution in [3.63, 3.8) is 0 Å². The fourth-order valence-corrected chi connectivity index (χ4v) is 7.30. The quantitative estimate of drug-likeness (QED) is 0.0966. The third-order valence-corrected chi connectivity index (χ3v) is 9.97. The van der Waals surface area contributed by atoms with Crippen LogP contribution < -0.4 is 0 Å². The van der Waals surface area contributed by atoms with Gasteiger partial charge in [0.2, 0.25) is 0 Å². The Balaban J connectivity index is 1.56. The van der Waals surface area contributed by atoms with Crippen LogP contribution in [0.3, 0.4) is 0 Å². The van der Waals surface area contributed by atoms with Gasteiger partial charge in [0.25, 0.3) is 0 Å². The van der Waals surface area contributed by atoms with E-state index in [1.54, 1.807) is 0 Å². The van der Waals surface area contributed by atoms with Crippen LogP contribution in [0.1, 0.15) is 28.7 Å². The molecule has 0 aromatic heterocycles. The molecule has 0 amide bonds. The van der Waals surface area contributed by atoms with E-state index in [9.17, 15) is 52.7 Å². The molecule has 0 spiro atoms. The Morgan fingerprint density at radius 1 is 0.509 bits per heavy atom. The van der Waals surface area contributed by atoms with E-state index < -0.39 is 146 Å². The van der Waals surface area contributed by atoms with Gasteiger partial charge in [0.1, 0.15) is 11.1 Å². The first-order valence-corrected chi connectivity index (χ1v) is 16.1. The van der Waals surface area contributed by atoms with Gasteiger partial charge in [-0.1, -0.05) is 30.3 Å². The third kappa shape index (κ3) is 5.96. The lowest BCUT2D eigenvalue weighted by atomic mass is 9.78. The highest BCUT2D eigenvalue weighted by molar-refractivity contribution is 6.15. The summed E-state index contributed by atoms with van der Waals surface area (Å²) >= 11 is 0. The molecule has 2 unspecified atom stereocenters. The van der Waals surface area contributed by atoms with Crippen molar-refractivity contribution in [1.29, 1.82) is 0 Å². The molecule has 0 aliphatic heterocycles. The first-order valence-electron chi connectivity index (χ1n) is 16.1. The molecule has 5 aromatic rings. The zero-order chi connectivity index (χ0) is 42.0. The van der Waals surface area contributed by atoms with Gasteiger partial charge >= 0.3 is 12.4 Å². The standard InChI is InChI=1S/C39H16F18/c1-11-26(40)28(42)21(29(43)27(11)41)12-2-5-15-18(8-12)16-6-3-13(22-30(44)34(48)24(38(52,53)54)35(49)31(22)45)10-20(16)17-7-4-14(9-19(15)17)23-32(46)36(50)25(39(55,56)57)37(51)33(23)47/h2-3,5-6,8-10,32,36H,4,7H2,1H3. The number of halogens is 18. The van der Waals surface area contributed by atoms with E-state index in [1.165, 1.54) is 0 Å². The van der Waals surface area contributed by atoms with Crippen LogP contribution in [0, 0.1) is 53.5 Å². The average molecular weight is 827 g/mol. The Kier molecular flexibility index (Phi) is 9.31. The highest BCUT2D eigenvalue weighted by Crippen LogP contribution is 2.49. The van der Waals surface area contributed by atoms with E-state index in [1.807, 2.05) is 0 Å². The van der Waals surface area contributed by atoms with Gasteiger partial charge in [-0.25, -0.2) is 52.7 Å². The molecule has 0 bridgehead atoms. The van der Waals surface area contributed by atoms with E-state index >= 15 is 26.3 Å². The molecule has 2 aliphatic carbocycles. The molecule has 2 aliphatic rings. The van der Waals surface area contributed by atoms with Gasteiger partial charge in [-0.2, -0.15) is 26.3 Å². The summed E-state index contributed by atoms with van der Waals surface area (Å²) < 4.78 is 259. The smallest absolute Gasteiger partial charge is 0.239 e. The van der Waals surface area contributed by atoms with Crippen LogP contribution in [0.15, 0.2) is 64.8 Å². The van der Waals surface area contributed by atoms with Gasteiger partial charge in [-0.05, 0) is 81.3 Å². The minimum atomic E-state index is -5.89. The molecule has 0 radical (unpaired) electrons. The predicted octanol–water partition coefficient (Wildman–Crippen LogP) is 13.8. The van der Waals surface area contributed by atoms with E-state index in [-0.39, 0.29) is 32.7 Å². The fraction of sp³-hybridized carbons (Fsp3) is 0.179. The van der Waals surface area contributed by atoms with Crippen LogP contribution in [0.4, 0.5) is 79.0 Å². The lowest BCUT2D eigenvalue weighted by molar-refractivity contribution is -0.143. The second-order valence-corrected chi connectivity index (χ2v) is 13.1. The Morgan fingerprint density at radius 3 is 1.51 bits per heavy atom. The number of allylic oxidation sites excluding steroid dienone is 5. The highest BCUT2D eigenvalue weighted by atomic mass is 19.4. The Labute approximate surface area is 307 Å². The molecule has 0 saturated carbocycles. The molecule has 2 atom stereocenters. The maximum atomic E-state index is 15.3. The second-order valence-electron chi connectivity index (χ2n) is 13.1. The summed E-state index contributed by atoms with van der Waals surface area (Å²) in [5, 5.41) is -0.499. The molecule has 0 N–H and O–H groups in total. The van der Waals surface area contributed by atoms with E-state index in [0.29, 0.717) is 0 Å². The molecular formula is C39H16F18. The molecule has 18 heteroatoms. The van der Waals surface area contributed by atoms with Crippen molar-refractivity contribution in [2.75, 3.05) is 0 Å². The maximum absolute atomic E-state index is 15.3. The zero-order valence-electron chi connectivity index (χ0n) is 27.9. The van der Waals surface area contributed by atoms with Crippen molar-refractivity contribution >= 4 is 27.6 Å². The Bertz CT molecular complexity index is 2640. The predicted molar refractivity (Wildman–Crippen MR) is 170 cm³/mol. The number of benzene rings is 5. The van der Waals surface area contributed by atoms with Gasteiger partial charge in [0.05, 0.1) is 11.1 Å². The topological polar surface area (TPSA) is 0 Å². The van der Waals surface area contributed by atoms with Crippen molar-refractivity contribution in [3.05, 3.63) is 134 Å².